The Morgan fingerprint density at radius 1 is 1.23 bits per heavy atom. The summed E-state index contributed by atoms with van der Waals surface area (Å²) in [6.07, 6.45) is -2.97. The molecule has 3 aromatic rings. The number of nitriles is 1. The van der Waals surface area contributed by atoms with Crippen LogP contribution in [0.2, 0.25) is 0 Å². The number of aromatic nitrogens is 1. The number of anilines is 1. The van der Waals surface area contributed by atoms with Crippen molar-refractivity contribution >= 4 is 34.2 Å². The predicted molar refractivity (Wildman–Crippen MR) is 107 cm³/mol. The minimum atomic E-state index is -4.24. The van der Waals surface area contributed by atoms with Crippen molar-refractivity contribution in [2.24, 2.45) is 0 Å². The zero-order chi connectivity index (χ0) is 21.7. The van der Waals surface area contributed by atoms with Crippen molar-refractivity contribution in [3.8, 4) is 23.1 Å². The zero-order valence-corrected chi connectivity index (χ0v) is 16.5. The van der Waals surface area contributed by atoms with Gasteiger partial charge in [-0.3, -0.25) is 0 Å². The normalized spacial score (nSPS) is 12.9. The van der Waals surface area contributed by atoms with E-state index < -0.39 is 11.7 Å². The van der Waals surface area contributed by atoms with E-state index in [1.54, 1.807) is 17.5 Å². The molecule has 0 aliphatic rings. The second kappa shape index (κ2) is 9.15. The molecule has 10 heteroatoms. The number of hydrogen-bond acceptors (Lipinski definition) is 5. The maximum absolute atomic E-state index is 13.5. The zero-order valence-electron chi connectivity index (χ0n) is 15.0. The molecule has 30 heavy (non-hydrogen) atoms. The Balaban J connectivity index is 1.82. The van der Waals surface area contributed by atoms with Gasteiger partial charge in [0, 0.05) is 17.1 Å². The van der Waals surface area contributed by atoms with Gasteiger partial charge in [-0.05, 0) is 36.4 Å². The SMILES string of the molecule is N#CC(=CNc1ccccc1OC(F)(F)C(F)Cl)c1nc(-c2ccc(F)cc2)cs1. The van der Waals surface area contributed by atoms with Crippen LogP contribution in [0.4, 0.5) is 23.2 Å². The average Bonchev–Trinajstić information content (AvgIpc) is 3.20. The standard InChI is InChI=1S/C20H12ClF4N3OS/c21-19(23)20(24,25)29-17-4-2-1-3-15(17)27-10-13(9-26)18-28-16(11-30-18)12-5-7-14(22)8-6-12/h1-8,10-11,19,27H. The summed E-state index contributed by atoms with van der Waals surface area (Å²) >= 11 is 6.00. The van der Waals surface area contributed by atoms with Crippen LogP contribution in [-0.2, 0) is 0 Å². The molecule has 0 radical (unpaired) electrons. The average molecular weight is 454 g/mol. The molecule has 0 amide bonds. The Morgan fingerprint density at radius 2 is 1.93 bits per heavy atom. The molecule has 154 valence electrons. The molecule has 0 saturated carbocycles. The van der Waals surface area contributed by atoms with Crippen molar-refractivity contribution in [3.05, 3.63) is 70.9 Å². The highest BCUT2D eigenvalue weighted by atomic mass is 35.5. The lowest BCUT2D eigenvalue weighted by Gasteiger charge is -2.19. The highest BCUT2D eigenvalue weighted by Crippen LogP contribution is 2.34. The van der Waals surface area contributed by atoms with E-state index in [4.69, 9.17) is 11.6 Å². The summed E-state index contributed by atoms with van der Waals surface area (Å²) in [6, 6.07) is 13.2. The third-order valence-corrected chi connectivity index (χ3v) is 4.88. The topological polar surface area (TPSA) is 57.9 Å². The second-order valence-corrected chi connectivity index (χ2v) is 7.06. The third-order valence-electron chi connectivity index (χ3n) is 3.75. The molecule has 1 aromatic heterocycles. The quantitative estimate of drug-likeness (QED) is 0.254. The molecule has 3 rings (SSSR count). The van der Waals surface area contributed by atoms with E-state index in [9.17, 15) is 22.8 Å². The Labute approximate surface area is 178 Å². The number of thiazole rings is 1. The van der Waals surface area contributed by atoms with Gasteiger partial charge in [0.1, 0.15) is 28.2 Å². The van der Waals surface area contributed by atoms with Gasteiger partial charge in [0.2, 0.25) is 0 Å². The van der Waals surface area contributed by atoms with Crippen molar-refractivity contribution in [2.45, 2.75) is 11.7 Å². The van der Waals surface area contributed by atoms with E-state index in [0.29, 0.717) is 16.3 Å². The summed E-state index contributed by atoms with van der Waals surface area (Å²) in [4.78, 5) is 4.35. The van der Waals surface area contributed by atoms with Crippen molar-refractivity contribution < 1.29 is 22.3 Å². The van der Waals surface area contributed by atoms with Gasteiger partial charge in [0.15, 0.2) is 0 Å². The molecule has 0 aliphatic heterocycles. The molecular formula is C20H12ClF4N3OS. The summed E-state index contributed by atoms with van der Waals surface area (Å²) in [5.41, 5.74) is -1.62. The van der Waals surface area contributed by atoms with Crippen LogP contribution in [0.15, 0.2) is 60.1 Å². The first-order valence-electron chi connectivity index (χ1n) is 8.33. The highest BCUT2D eigenvalue weighted by Gasteiger charge is 2.42. The molecule has 0 aliphatic carbocycles. The van der Waals surface area contributed by atoms with Crippen LogP contribution in [0.3, 0.4) is 0 Å². The smallest absolute Gasteiger partial charge is 0.427 e. The van der Waals surface area contributed by atoms with Crippen LogP contribution in [0, 0.1) is 17.1 Å². The number of nitrogens with one attached hydrogen (secondary N) is 1. The Morgan fingerprint density at radius 3 is 2.60 bits per heavy atom. The fourth-order valence-electron chi connectivity index (χ4n) is 2.31. The van der Waals surface area contributed by atoms with Gasteiger partial charge in [-0.1, -0.05) is 23.7 Å². The molecule has 1 unspecified atom stereocenters. The summed E-state index contributed by atoms with van der Waals surface area (Å²) in [7, 11) is 0. The molecule has 2 aromatic carbocycles. The first-order chi connectivity index (χ1) is 14.3. The van der Waals surface area contributed by atoms with E-state index in [1.165, 1.54) is 53.9 Å². The van der Waals surface area contributed by atoms with E-state index in [0.717, 1.165) is 0 Å². The minimum Gasteiger partial charge on any atom is -0.427 e. The second-order valence-electron chi connectivity index (χ2n) is 5.82. The van der Waals surface area contributed by atoms with Gasteiger partial charge >= 0.3 is 6.11 Å². The number of allylic oxidation sites excluding steroid dienone is 1. The lowest BCUT2D eigenvalue weighted by molar-refractivity contribution is -0.198. The van der Waals surface area contributed by atoms with Crippen molar-refractivity contribution in [1.29, 1.82) is 5.26 Å². The third kappa shape index (κ3) is 5.09. The molecule has 4 nitrogen and oxygen atoms in total. The first kappa shape index (κ1) is 21.6. The van der Waals surface area contributed by atoms with Crippen LogP contribution in [0.25, 0.3) is 16.8 Å². The fourth-order valence-corrected chi connectivity index (χ4v) is 3.15. The summed E-state index contributed by atoms with van der Waals surface area (Å²) in [5, 5.41) is 14.2. The Bertz CT molecular complexity index is 1090. The maximum atomic E-state index is 13.5. The lowest BCUT2D eigenvalue weighted by Crippen LogP contribution is -2.33. The van der Waals surface area contributed by atoms with Crippen molar-refractivity contribution in [3.63, 3.8) is 0 Å². The number of hydrogen-bond donors (Lipinski definition) is 1. The number of para-hydroxylation sites is 2. The number of rotatable bonds is 7. The molecule has 1 heterocycles. The van der Waals surface area contributed by atoms with Crippen LogP contribution < -0.4 is 10.1 Å². The summed E-state index contributed by atoms with van der Waals surface area (Å²) in [6.45, 7) is 0. The van der Waals surface area contributed by atoms with Gasteiger partial charge in [0.25, 0.3) is 5.63 Å². The molecular weight excluding hydrogens is 442 g/mol. The molecule has 1 N–H and O–H groups in total. The number of alkyl halides is 4. The monoisotopic (exact) mass is 453 g/mol. The first-order valence-corrected chi connectivity index (χ1v) is 9.64. The van der Waals surface area contributed by atoms with Crippen molar-refractivity contribution in [1.82, 2.24) is 4.98 Å². The van der Waals surface area contributed by atoms with Crippen LogP contribution >= 0.6 is 22.9 Å². The van der Waals surface area contributed by atoms with E-state index in [1.807, 2.05) is 6.07 Å². The molecule has 0 bridgehead atoms. The van der Waals surface area contributed by atoms with Crippen molar-refractivity contribution in [2.75, 3.05) is 5.32 Å². The van der Waals surface area contributed by atoms with E-state index in [-0.39, 0.29) is 22.8 Å². The molecule has 1 atom stereocenters. The van der Waals surface area contributed by atoms with Crippen LogP contribution in [0.1, 0.15) is 5.01 Å². The predicted octanol–water partition coefficient (Wildman–Crippen LogP) is 6.43. The number of nitrogens with zero attached hydrogens (tertiary/aromatic N) is 2. The van der Waals surface area contributed by atoms with Gasteiger partial charge < -0.3 is 10.1 Å². The Hall–Kier alpha value is -3.09. The van der Waals surface area contributed by atoms with Crippen LogP contribution in [0.5, 0.6) is 5.75 Å². The van der Waals surface area contributed by atoms with E-state index in [2.05, 4.69) is 15.0 Å². The minimum absolute atomic E-state index is 0.0672. The number of halogens is 5. The molecule has 0 saturated heterocycles. The number of benzene rings is 2. The maximum Gasteiger partial charge on any atom is 0.444 e. The van der Waals surface area contributed by atoms with Crippen LogP contribution in [-0.4, -0.2) is 16.7 Å². The lowest BCUT2D eigenvalue weighted by atomic mass is 10.2. The van der Waals surface area contributed by atoms with Gasteiger partial charge in [-0.25, -0.2) is 13.8 Å². The molecule has 0 spiro atoms. The highest BCUT2D eigenvalue weighted by molar-refractivity contribution is 7.11. The Kier molecular flexibility index (Phi) is 6.59. The summed E-state index contributed by atoms with van der Waals surface area (Å²) < 4.78 is 57.2. The largest absolute Gasteiger partial charge is 0.444 e. The van der Waals surface area contributed by atoms with Gasteiger partial charge in [-0.15, -0.1) is 11.3 Å². The van der Waals surface area contributed by atoms with Gasteiger partial charge in [-0.2, -0.15) is 14.0 Å². The van der Waals surface area contributed by atoms with Gasteiger partial charge in [0.05, 0.1) is 11.4 Å². The number of ether oxygens (including phenoxy) is 1. The fraction of sp³-hybridized carbons (Fsp3) is 0.100. The molecule has 0 fully saturated rings. The van der Waals surface area contributed by atoms with E-state index >= 15 is 0 Å². The summed E-state index contributed by atoms with van der Waals surface area (Å²) in [5.74, 6) is -0.735.